The van der Waals surface area contributed by atoms with Crippen molar-refractivity contribution in [3.63, 3.8) is 0 Å². The predicted octanol–water partition coefficient (Wildman–Crippen LogP) is 5.84. The zero-order chi connectivity index (χ0) is 22.0. The highest BCUT2D eigenvalue weighted by Gasteiger charge is 2.60. The van der Waals surface area contributed by atoms with Crippen molar-refractivity contribution in [3.05, 3.63) is 35.0 Å². The van der Waals surface area contributed by atoms with Gasteiger partial charge in [0.2, 0.25) is 11.8 Å². The van der Waals surface area contributed by atoms with Gasteiger partial charge in [0.25, 0.3) is 0 Å². The molecule has 0 radical (unpaired) electrons. The highest BCUT2D eigenvalue weighted by atomic mass is 35.5. The van der Waals surface area contributed by atoms with Crippen molar-refractivity contribution in [2.45, 2.75) is 50.2 Å². The molecular weight excluding hydrogens is 448 g/mol. The molecule has 3 aliphatic rings. The summed E-state index contributed by atoms with van der Waals surface area (Å²) >= 11 is 8.14. The number of benzene rings is 1. The first-order valence-electron chi connectivity index (χ1n) is 10.9. The number of halogens is 1. The maximum atomic E-state index is 13.5. The first kappa shape index (κ1) is 20.2. The minimum Gasteiger partial charge on any atom is -0.476 e. The molecule has 166 valence electrons. The van der Waals surface area contributed by atoms with Gasteiger partial charge < -0.3 is 14.0 Å². The van der Waals surface area contributed by atoms with Crippen LogP contribution in [-0.2, 0) is 10.2 Å². The quantitative estimate of drug-likeness (QED) is 0.434. The Balaban J connectivity index is 1.37. The number of carbonyl (C=O) groups excluding carboxylic acids is 1. The molecule has 6 rings (SSSR count). The van der Waals surface area contributed by atoms with E-state index in [4.69, 9.17) is 20.9 Å². The number of carbonyl (C=O) groups is 1. The van der Waals surface area contributed by atoms with E-state index in [9.17, 15) is 4.79 Å². The smallest absolute Gasteiger partial charge is 0.242 e. The van der Waals surface area contributed by atoms with Gasteiger partial charge in [-0.05, 0) is 61.2 Å². The van der Waals surface area contributed by atoms with Gasteiger partial charge in [-0.2, -0.15) is 0 Å². The molecule has 2 fully saturated rings. The molecule has 0 saturated heterocycles. The highest BCUT2D eigenvalue weighted by Crippen LogP contribution is 2.60. The summed E-state index contributed by atoms with van der Waals surface area (Å²) in [5.74, 6) is 1.52. The van der Waals surface area contributed by atoms with Crippen molar-refractivity contribution in [1.82, 2.24) is 10.1 Å². The molecule has 9 heteroatoms. The summed E-state index contributed by atoms with van der Waals surface area (Å²) in [6, 6.07) is 5.72. The standard InChI is InChI=1S/C23H23ClN4O3S/c1-12(2)11-30-21-17(24)7-13(10-25-21)28-18-9-19-15(8-16(18)23(5-6-23)22(28)29)20(26-31-19)27-32-14-3-4-14/h7-10,12,14H,3-6,11H2,1-2H3,(H,26,27). The summed E-state index contributed by atoms with van der Waals surface area (Å²) < 4.78 is 14.6. The van der Waals surface area contributed by atoms with Crippen LogP contribution in [0, 0.1) is 5.92 Å². The lowest BCUT2D eigenvalue weighted by molar-refractivity contribution is -0.119. The fourth-order valence-electron chi connectivity index (χ4n) is 4.13. The molecule has 32 heavy (non-hydrogen) atoms. The van der Waals surface area contributed by atoms with Crippen molar-refractivity contribution in [1.29, 1.82) is 0 Å². The Morgan fingerprint density at radius 3 is 2.84 bits per heavy atom. The van der Waals surface area contributed by atoms with Crippen LogP contribution in [-0.4, -0.2) is 27.9 Å². The van der Waals surface area contributed by atoms with Crippen LogP contribution >= 0.6 is 23.5 Å². The molecule has 2 aromatic heterocycles. The Labute approximate surface area is 194 Å². The van der Waals surface area contributed by atoms with Crippen LogP contribution in [0.25, 0.3) is 11.0 Å². The average Bonchev–Trinajstić information content (AvgIpc) is 3.68. The molecule has 1 N–H and O–H groups in total. The molecule has 1 aliphatic heterocycles. The molecule has 2 aliphatic carbocycles. The second-order valence-electron chi connectivity index (χ2n) is 9.22. The van der Waals surface area contributed by atoms with Crippen LogP contribution in [0.5, 0.6) is 5.88 Å². The number of ether oxygens (including phenoxy) is 1. The Kier molecular flexibility index (Phi) is 4.59. The number of pyridine rings is 1. The zero-order valence-electron chi connectivity index (χ0n) is 17.9. The largest absolute Gasteiger partial charge is 0.476 e. The molecule has 0 unspecified atom stereocenters. The number of hydrogen-bond donors (Lipinski definition) is 1. The third-order valence-corrected chi connectivity index (χ3v) is 7.55. The molecular formula is C23H23ClN4O3S. The van der Waals surface area contributed by atoms with Gasteiger partial charge in [-0.15, -0.1) is 0 Å². The molecule has 3 aromatic rings. The maximum absolute atomic E-state index is 13.5. The number of anilines is 3. The second-order valence-corrected chi connectivity index (χ2v) is 10.7. The summed E-state index contributed by atoms with van der Waals surface area (Å²) in [6.45, 7) is 4.65. The fraction of sp³-hybridized carbons (Fsp3) is 0.435. The molecule has 1 amide bonds. The van der Waals surface area contributed by atoms with Gasteiger partial charge in [0.15, 0.2) is 11.4 Å². The minimum absolute atomic E-state index is 0.0590. The average molecular weight is 471 g/mol. The number of hydrogen-bond acceptors (Lipinski definition) is 7. The number of amides is 1. The van der Waals surface area contributed by atoms with Gasteiger partial charge in [0.05, 0.1) is 35.0 Å². The van der Waals surface area contributed by atoms with Crippen LogP contribution in [0.4, 0.5) is 17.2 Å². The minimum atomic E-state index is -0.471. The van der Waals surface area contributed by atoms with Crippen LogP contribution in [0.3, 0.4) is 0 Å². The Hall–Kier alpha value is -2.45. The Morgan fingerprint density at radius 1 is 1.34 bits per heavy atom. The first-order chi connectivity index (χ1) is 15.5. The fourth-order valence-corrected chi connectivity index (χ4v) is 5.15. The summed E-state index contributed by atoms with van der Waals surface area (Å²) in [5.41, 5.74) is 2.64. The number of nitrogens with zero attached hydrogens (tertiary/aromatic N) is 3. The zero-order valence-corrected chi connectivity index (χ0v) is 19.4. The Bertz CT molecular complexity index is 1240. The molecule has 1 spiro atoms. The van der Waals surface area contributed by atoms with Gasteiger partial charge in [-0.25, -0.2) is 4.98 Å². The van der Waals surface area contributed by atoms with Crippen molar-refractivity contribution >= 4 is 57.6 Å². The molecule has 0 atom stereocenters. The number of rotatable bonds is 7. The topological polar surface area (TPSA) is 80.5 Å². The molecule has 1 aromatic carbocycles. The third kappa shape index (κ3) is 3.23. The van der Waals surface area contributed by atoms with E-state index in [1.807, 2.05) is 6.07 Å². The van der Waals surface area contributed by atoms with Crippen LogP contribution in [0.15, 0.2) is 28.9 Å². The molecule has 2 saturated carbocycles. The van der Waals surface area contributed by atoms with E-state index in [2.05, 4.69) is 34.8 Å². The summed E-state index contributed by atoms with van der Waals surface area (Å²) in [5, 5.41) is 6.16. The van der Waals surface area contributed by atoms with E-state index in [-0.39, 0.29) is 5.91 Å². The maximum Gasteiger partial charge on any atom is 0.242 e. The molecule has 3 heterocycles. The van der Waals surface area contributed by atoms with E-state index < -0.39 is 5.41 Å². The van der Waals surface area contributed by atoms with E-state index in [1.165, 1.54) is 12.8 Å². The summed E-state index contributed by atoms with van der Waals surface area (Å²) in [7, 11) is 0. The SMILES string of the molecule is CC(C)COc1ncc(N2C(=O)C3(CC3)c3cc4c(NSC5CC5)noc4cc32)cc1Cl. The lowest BCUT2D eigenvalue weighted by Gasteiger charge is -2.19. The van der Waals surface area contributed by atoms with Crippen LogP contribution in [0.1, 0.15) is 45.1 Å². The van der Waals surface area contributed by atoms with Gasteiger partial charge in [-0.1, -0.05) is 30.6 Å². The molecule has 0 bridgehead atoms. The summed E-state index contributed by atoms with van der Waals surface area (Å²) in [6.07, 6.45) is 5.78. The van der Waals surface area contributed by atoms with Gasteiger partial charge in [-0.3, -0.25) is 9.69 Å². The number of aromatic nitrogens is 2. The first-order valence-corrected chi connectivity index (χ1v) is 12.2. The third-order valence-electron chi connectivity index (χ3n) is 6.16. The van der Waals surface area contributed by atoms with Crippen molar-refractivity contribution in [2.75, 3.05) is 16.2 Å². The Morgan fingerprint density at radius 2 is 2.16 bits per heavy atom. The number of fused-ring (bicyclic) bond motifs is 3. The lowest BCUT2D eigenvalue weighted by atomic mass is 9.96. The highest BCUT2D eigenvalue weighted by molar-refractivity contribution is 8.01. The lowest BCUT2D eigenvalue weighted by Crippen LogP contribution is -2.28. The van der Waals surface area contributed by atoms with Crippen molar-refractivity contribution in [3.8, 4) is 5.88 Å². The van der Waals surface area contributed by atoms with Gasteiger partial charge in [0.1, 0.15) is 5.02 Å². The van der Waals surface area contributed by atoms with E-state index in [0.29, 0.717) is 39.9 Å². The van der Waals surface area contributed by atoms with Crippen LogP contribution < -0.4 is 14.4 Å². The van der Waals surface area contributed by atoms with E-state index >= 15 is 0 Å². The summed E-state index contributed by atoms with van der Waals surface area (Å²) in [4.78, 5) is 19.6. The van der Waals surface area contributed by atoms with Crippen LogP contribution in [0.2, 0.25) is 5.02 Å². The van der Waals surface area contributed by atoms with E-state index in [1.54, 1.807) is 29.1 Å². The monoisotopic (exact) mass is 470 g/mol. The van der Waals surface area contributed by atoms with E-state index in [0.717, 1.165) is 35.3 Å². The van der Waals surface area contributed by atoms with Crippen molar-refractivity contribution in [2.24, 2.45) is 5.92 Å². The van der Waals surface area contributed by atoms with Crippen molar-refractivity contribution < 1.29 is 14.1 Å². The number of nitrogens with one attached hydrogen (secondary N) is 1. The molecule has 7 nitrogen and oxygen atoms in total. The normalized spacial score (nSPS) is 18.6. The van der Waals surface area contributed by atoms with Gasteiger partial charge >= 0.3 is 0 Å². The van der Waals surface area contributed by atoms with Gasteiger partial charge in [0, 0.05) is 11.3 Å². The predicted molar refractivity (Wildman–Crippen MR) is 126 cm³/mol. The second kappa shape index (κ2) is 7.28.